The van der Waals surface area contributed by atoms with Crippen molar-refractivity contribution in [1.29, 1.82) is 0 Å². The molecule has 0 aliphatic carbocycles. The number of nitrogens with zero attached hydrogens (tertiary/aromatic N) is 2. The number of benzene rings is 1. The van der Waals surface area contributed by atoms with Gasteiger partial charge in [0.05, 0.1) is 0 Å². The first-order chi connectivity index (χ1) is 10.1. The summed E-state index contributed by atoms with van der Waals surface area (Å²) < 4.78 is 1.46. The van der Waals surface area contributed by atoms with Gasteiger partial charge in [0.25, 0.3) is 11.5 Å². The summed E-state index contributed by atoms with van der Waals surface area (Å²) in [5, 5.41) is 0. The van der Waals surface area contributed by atoms with Gasteiger partial charge >= 0.3 is 0 Å². The Morgan fingerprint density at radius 2 is 1.90 bits per heavy atom. The van der Waals surface area contributed by atoms with Crippen molar-refractivity contribution in [3.05, 3.63) is 70.1 Å². The van der Waals surface area contributed by atoms with Gasteiger partial charge in [-0.15, -0.1) is 0 Å². The monoisotopic (exact) mass is 284 g/mol. The minimum absolute atomic E-state index is 0.0915. The summed E-state index contributed by atoms with van der Waals surface area (Å²) in [6, 6.07) is 13.2. The fourth-order valence-electron chi connectivity index (χ4n) is 2.18. The molecule has 110 valence electrons. The second kappa shape index (κ2) is 6.88. The van der Waals surface area contributed by atoms with Crippen LogP contribution in [0.5, 0.6) is 0 Å². The largest absolute Gasteiger partial charge is 0.339 e. The summed E-state index contributed by atoms with van der Waals surface area (Å²) in [5.74, 6) is -0.0915. The predicted octanol–water partition coefficient (Wildman–Crippen LogP) is 2.09. The van der Waals surface area contributed by atoms with Gasteiger partial charge in [0.2, 0.25) is 0 Å². The fourth-order valence-corrected chi connectivity index (χ4v) is 2.18. The number of amides is 1. The molecule has 2 rings (SSSR count). The average molecular weight is 284 g/mol. The fraction of sp³-hybridized carbons (Fsp3) is 0.294. The second-order valence-electron chi connectivity index (χ2n) is 4.98. The topological polar surface area (TPSA) is 42.3 Å². The molecule has 0 radical (unpaired) electrons. The molecule has 1 aromatic carbocycles. The van der Waals surface area contributed by atoms with Crippen LogP contribution in [0.3, 0.4) is 0 Å². The van der Waals surface area contributed by atoms with E-state index in [2.05, 4.69) is 12.1 Å². The summed E-state index contributed by atoms with van der Waals surface area (Å²) in [4.78, 5) is 25.8. The van der Waals surface area contributed by atoms with Gasteiger partial charge in [0.15, 0.2) is 0 Å². The van der Waals surface area contributed by atoms with E-state index in [9.17, 15) is 9.59 Å². The van der Waals surface area contributed by atoms with E-state index in [-0.39, 0.29) is 11.5 Å². The quantitative estimate of drug-likeness (QED) is 0.843. The number of hydrogen-bond donors (Lipinski definition) is 0. The lowest BCUT2D eigenvalue weighted by atomic mass is 10.1. The van der Waals surface area contributed by atoms with Gasteiger partial charge < -0.3 is 9.47 Å². The first-order valence-corrected chi connectivity index (χ1v) is 7.11. The molecule has 0 aliphatic heterocycles. The van der Waals surface area contributed by atoms with E-state index in [1.54, 1.807) is 24.2 Å². The van der Waals surface area contributed by atoms with Crippen LogP contribution in [0.2, 0.25) is 0 Å². The van der Waals surface area contributed by atoms with Crippen molar-refractivity contribution < 1.29 is 4.79 Å². The highest BCUT2D eigenvalue weighted by Gasteiger charge is 2.14. The summed E-state index contributed by atoms with van der Waals surface area (Å²) in [5.41, 5.74) is 1.49. The SMILES string of the molecule is CCN(CCc1ccccc1)C(=O)c1ccn(C)c(=O)c1. The highest BCUT2D eigenvalue weighted by atomic mass is 16.2. The summed E-state index contributed by atoms with van der Waals surface area (Å²) in [6.07, 6.45) is 2.44. The number of hydrogen-bond acceptors (Lipinski definition) is 2. The molecule has 0 saturated heterocycles. The van der Waals surface area contributed by atoms with Crippen LogP contribution in [0.15, 0.2) is 53.5 Å². The van der Waals surface area contributed by atoms with Crippen LogP contribution in [-0.2, 0) is 13.5 Å². The zero-order valence-electron chi connectivity index (χ0n) is 12.5. The number of likely N-dealkylation sites (N-methyl/N-ethyl adjacent to an activating group) is 1. The van der Waals surface area contributed by atoms with Gasteiger partial charge in [-0.1, -0.05) is 30.3 Å². The second-order valence-corrected chi connectivity index (χ2v) is 4.98. The highest BCUT2D eigenvalue weighted by molar-refractivity contribution is 5.94. The molecular weight excluding hydrogens is 264 g/mol. The Kier molecular flexibility index (Phi) is 4.93. The van der Waals surface area contributed by atoms with E-state index in [1.807, 2.05) is 25.1 Å². The Morgan fingerprint density at radius 3 is 2.52 bits per heavy atom. The molecule has 1 heterocycles. The van der Waals surface area contributed by atoms with E-state index < -0.39 is 0 Å². The lowest BCUT2D eigenvalue weighted by Crippen LogP contribution is -2.33. The van der Waals surface area contributed by atoms with Crippen molar-refractivity contribution >= 4 is 5.91 Å². The third kappa shape index (κ3) is 3.81. The minimum atomic E-state index is -0.167. The molecule has 4 nitrogen and oxygen atoms in total. The van der Waals surface area contributed by atoms with Gasteiger partial charge in [0.1, 0.15) is 0 Å². The van der Waals surface area contributed by atoms with Crippen LogP contribution in [0, 0.1) is 0 Å². The van der Waals surface area contributed by atoms with Crippen LogP contribution in [0.25, 0.3) is 0 Å². The Morgan fingerprint density at radius 1 is 1.19 bits per heavy atom. The Labute approximate surface area is 124 Å². The van der Waals surface area contributed by atoms with Gasteiger partial charge in [-0.3, -0.25) is 9.59 Å². The molecular formula is C17H20N2O2. The minimum Gasteiger partial charge on any atom is -0.339 e. The van der Waals surface area contributed by atoms with Gasteiger partial charge in [-0.05, 0) is 25.0 Å². The van der Waals surface area contributed by atoms with E-state index in [0.717, 1.165) is 6.42 Å². The van der Waals surface area contributed by atoms with E-state index in [4.69, 9.17) is 0 Å². The molecule has 21 heavy (non-hydrogen) atoms. The molecule has 0 unspecified atom stereocenters. The lowest BCUT2D eigenvalue weighted by Gasteiger charge is -2.21. The molecule has 0 aliphatic rings. The van der Waals surface area contributed by atoms with Crippen molar-refractivity contribution in [2.24, 2.45) is 7.05 Å². The molecule has 1 amide bonds. The normalized spacial score (nSPS) is 10.4. The number of rotatable bonds is 5. The number of carbonyl (C=O) groups excluding carboxylic acids is 1. The van der Waals surface area contributed by atoms with E-state index >= 15 is 0 Å². The molecule has 0 atom stereocenters. The van der Waals surface area contributed by atoms with E-state index in [1.165, 1.54) is 16.2 Å². The van der Waals surface area contributed by atoms with Crippen LogP contribution in [0.4, 0.5) is 0 Å². The zero-order chi connectivity index (χ0) is 15.2. The smallest absolute Gasteiger partial charge is 0.254 e. The molecule has 0 N–H and O–H groups in total. The van der Waals surface area contributed by atoms with Crippen molar-refractivity contribution in [3.63, 3.8) is 0 Å². The van der Waals surface area contributed by atoms with Crippen LogP contribution in [0.1, 0.15) is 22.8 Å². The predicted molar refractivity (Wildman–Crippen MR) is 83.4 cm³/mol. The first-order valence-electron chi connectivity index (χ1n) is 7.11. The summed E-state index contributed by atoms with van der Waals surface area (Å²) in [6.45, 7) is 3.22. The van der Waals surface area contributed by atoms with Gasteiger partial charge in [-0.25, -0.2) is 0 Å². The Balaban J connectivity index is 2.07. The Hall–Kier alpha value is -2.36. The Bertz CT molecular complexity index is 662. The molecule has 0 bridgehead atoms. The number of aromatic nitrogens is 1. The van der Waals surface area contributed by atoms with Crippen molar-refractivity contribution in [3.8, 4) is 0 Å². The van der Waals surface area contributed by atoms with Gasteiger partial charge in [0, 0.05) is 38.0 Å². The molecule has 4 heteroatoms. The third-order valence-corrected chi connectivity index (χ3v) is 3.53. The average Bonchev–Trinajstić information content (AvgIpc) is 2.51. The number of carbonyl (C=O) groups is 1. The molecule has 0 spiro atoms. The first kappa shape index (κ1) is 15.0. The number of pyridine rings is 1. The molecule has 0 fully saturated rings. The maximum Gasteiger partial charge on any atom is 0.254 e. The highest BCUT2D eigenvalue weighted by Crippen LogP contribution is 2.06. The standard InChI is InChI=1S/C17H20N2O2/c1-3-19(12-9-14-7-5-4-6-8-14)17(21)15-10-11-18(2)16(20)13-15/h4-8,10-11,13H,3,9,12H2,1-2H3. The van der Waals surface area contributed by atoms with Crippen LogP contribution in [-0.4, -0.2) is 28.5 Å². The molecule has 0 saturated carbocycles. The molecule has 2 aromatic rings. The third-order valence-electron chi connectivity index (χ3n) is 3.53. The maximum atomic E-state index is 12.4. The van der Waals surface area contributed by atoms with Crippen LogP contribution < -0.4 is 5.56 Å². The van der Waals surface area contributed by atoms with Crippen LogP contribution >= 0.6 is 0 Å². The number of aryl methyl sites for hydroxylation is 1. The van der Waals surface area contributed by atoms with Crippen molar-refractivity contribution in [1.82, 2.24) is 9.47 Å². The summed E-state index contributed by atoms with van der Waals surface area (Å²) in [7, 11) is 1.67. The maximum absolute atomic E-state index is 12.4. The summed E-state index contributed by atoms with van der Waals surface area (Å²) >= 11 is 0. The van der Waals surface area contributed by atoms with E-state index in [0.29, 0.717) is 18.7 Å². The lowest BCUT2D eigenvalue weighted by molar-refractivity contribution is 0.0766. The van der Waals surface area contributed by atoms with Crippen molar-refractivity contribution in [2.45, 2.75) is 13.3 Å². The van der Waals surface area contributed by atoms with Gasteiger partial charge in [-0.2, -0.15) is 0 Å². The zero-order valence-corrected chi connectivity index (χ0v) is 12.5. The molecule has 1 aromatic heterocycles. The van der Waals surface area contributed by atoms with Crippen molar-refractivity contribution in [2.75, 3.05) is 13.1 Å².